The number of rotatable bonds is 6. The van der Waals surface area contributed by atoms with Crippen molar-refractivity contribution < 1.29 is 19.6 Å². The molecule has 0 aromatic carbocycles. The van der Waals surface area contributed by atoms with Gasteiger partial charge in [-0.1, -0.05) is 0 Å². The van der Waals surface area contributed by atoms with Gasteiger partial charge in [-0.25, -0.2) is 0 Å². The van der Waals surface area contributed by atoms with Gasteiger partial charge in [-0.15, -0.1) is 0 Å². The number of hydrogen-bond donors (Lipinski definition) is 2. The Morgan fingerprint density at radius 1 is 1.67 bits per heavy atom. The van der Waals surface area contributed by atoms with E-state index in [2.05, 4.69) is 10.4 Å². The lowest BCUT2D eigenvalue weighted by Crippen LogP contribution is -2.36. The van der Waals surface area contributed by atoms with E-state index in [1.165, 1.54) is 12.3 Å². The first-order valence-electron chi connectivity index (χ1n) is 5.07. The fraction of sp³-hybridized carbons (Fsp3) is 0.444. The van der Waals surface area contributed by atoms with E-state index in [1.807, 2.05) is 0 Å². The lowest BCUT2D eigenvalue weighted by Gasteiger charge is -2.10. The van der Waals surface area contributed by atoms with Crippen molar-refractivity contribution in [3.63, 3.8) is 0 Å². The van der Waals surface area contributed by atoms with Crippen LogP contribution in [-0.2, 0) is 16.1 Å². The molecule has 1 unspecified atom stereocenters. The van der Waals surface area contributed by atoms with E-state index in [9.17, 15) is 19.7 Å². The Balaban J connectivity index is 2.48. The molecule has 0 aliphatic carbocycles. The molecule has 2 N–H and O–H groups in total. The minimum atomic E-state index is -1.02. The number of nitrogens with zero attached hydrogens (tertiary/aromatic N) is 3. The fourth-order valence-electron chi connectivity index (χ4n) is 1.32. The number of carbonyl (C=O) groups excluding carboxylic acids is 1. The van der Waals surface area contributed by atoms with Crippen LogP contribution in [0.25, 0.3) is 0 Å². The van der Waals surface area contributed by atoms with Crippen molar-refractivity contribution in [2.45, 2.75) is 25.9 Å². The molecule has 1 aromatic heterocycles. The third-order valence-corrected chi connectivity index (χ3v) is 2.01. The first kappa shape index (κ1) is 13.6. The number of carboxylic acid groups (broad SMARTS) is 1. The van der Waals surface area contributed by atoms with Gasteiger partial charge in [0.25, 0.3) is 0 Å². The van der Waals surface area contributed by atoms with Crippen molar-refractivity contribution in [2.24, 2.45) is 0 Å². The number of nitro groups is 1. The SMILES string of the molecule is CC(CC(=O)O)NC(=O)Cn1ccc([N+](=O)[O-])n1. The second kappa shape index (κ2) is 5.75. The Labute approximate surface area is 102 Å². The van der Waals surface area contributed by atoms with Crippen LogP contribution in [0.3, 0.4) is 0 Å². The maximum atomic E-state index is 11.4. The van der Waals surface area contributed by atoms with E-state index in [-0.39, 0.29) is 18.8 Å². The number of aliphatic carboxylic acids is 1. The summed E-state index contributed by atoms with van der Waals surface area (Å²) in [6, 6.07) is 0.661. The standard InChI is InChI=1S/C9H12N4O5/c1-6(4-9(15)16)10-8(14)5-12-3-2-7(11-12)13(17)18/h2-3,6H,4-5H2,1H3,(H,10,14)(H,15,16). The average Bonchev–Trinajstić information content (AvgIpc) is 2.63. The van der Waals surface area contributed by atoms with E-state index in [4.69, 9.17) is 5.11 Å². The lowest BCUT2D eigenvalue weighted by molar-refractivity contribution is -0.389. The largest absolute Gasteiger partial charge is 0.481 e. The highest BCUT2D eigenvalue weighted by atomic mass is 16.6. The van der Waals surface area contributed by atoms with Crippen LogP contribution in [0.1, 0.15) is 13.3 Å². The summed E-state index contributed by atoms with van der Waals surface area (Å²) in [5.74, 6) is -1.82. The van der Waals surface area contributed by atoms with Gasteiger partial charge in [0.2, 0.25) is 5.91 Å². The molecule has 0 spiro atoms. The van der Waals surface area contributed by atoms with Crippen molar-refractivity contribution in [1.82, 2.24) is 15.1 Å². The summed E-state index contributed by atoms with van der Waals surface area (Å²) < 4.78 is 1.11. The van der Waals surface area contributed by atoms with Crippen molar-refractivity contribution in [3.05, 3.63) is 22.4 Å². The van der Waals surface area contributed by atoms with Crippen LogP contribution < -0.4 is 5.32 Å². The zero-order valence-corrected chi connectivity index (χ0v) is 9.57. The van der Waals surface area contributed by atoms with Gasteiger partial charge < -0.3 is 20.5 Å². The summed E-state index contributed by atoms with van der Waals surface area (Å²) in [7, 11) is 0. The van der Waals surface area contributed by atoms with Crippen molar-refractivity contribution in [2.75, 3.05) is 0 Å². The van der Waals surface area contributed by atoms with E-state index in [0.717, 1.165) is 4.68 Å². The van der Waals surface area contributed by atoms with Gasteiger partial charge in [0.15, 0.2) is 0 Å². The first-order valence-corrected chi connectivity index (χ1v) is 5.07. The maximum absolute atomic E-state index is 11.4. The van der Waals surface area contributed by atoms with Crippen molar-refractivity contribution in [1.29, 1.82) is 0 Å². The summed E-state index contributed by atoms with van der Waals surface area (Å²) >= 11 is 0. The molecular weight excluding hydrogens is 244 g/mol. The van der Waals surface area contributed by atoms with Crippen LogP contribution in [0, 0.1) is 10.1 Å². The van der Waals surface area contributed by atoms with Gasteiger partial charge in [0.1, 0.15) is 6.54 Å². The molecule has 0 radical (unpaired) electrons. The molecule has 0 aliphatic rings. The van der Waals surface area contributed by atoms with Crippen molar-refractivity contribution >= 4 is 17.7 Å². The molecule has 98 valence electrons. The topological polar surface area (TPSA) is 127 Å². The highest BCUT2D eigenvalue weighted by Crippen LogP contribution is 2.04. The van der Waals surface area contributed by atoms with Gasteiger partial charge in [0, 0.05) is 6.04 Å². The summed E-state index contributed by atoms with van der Waals surface area (Å²) in [4.78, 5) is 31.5. The van der Waals surface area contributed by atoms with Crippen LogP contribution in [0.2, 0.25) is 0 Å². The van der Waals surface area contributed by atoms with Gasteiger partial charge in [-0.3, -0.25) is 9.59 Å². The van der Waals surface area contributed by atoms with Crippen LogP contribution in [-0.4, -0.2) is 37.7 Å². The van der Waals surface area contributed by atoms with Gasteiger partial charge >= 0.3 is 11.8 Å². The quantitative estimate of drug-likeness (QED) is 0.534. The Bertz CT molecular complexity index is 469. The van der Waals surface area contributed by atoms with Crippen LogP contribution in [0.5, 0.6) is 0 Å². The minimum absolute atomic E-state index is 0.189. The fourth-order valence-corrected chi connectivity index (χ4v) is 1.32. The summed E-state index contributed by atoms with van der Waals surface area (Å²) in [6.45, 7) is 1.36. The molecule has 1 aromatic rings. The Hall–Kier alpha value is -2.45. The molecule has 18 heavy (non-hydrogen) atoms. The molecule has 9 nitrogen and oxygen atoms in total. The number of hydrogen-bond acceptors (Lipinski definition) is 5. The zero-order valence-electron chi connectivity index (χ0n) is 9.57. The monoisotopic (exact) mass is 256 g/mol. The molecule has 0 fully saturated rings. The van der Waals surface area contributed by atoms with E-state index >= 15 is 0 Å². The van der Waals surface area contributed by atoms with Crippen LogP contribution >= 0.6 is 0 Å². The Morgan fingerprint density at radius 3 is 2.83 bits per heavy atom. The third kappa shape index (κ3) is 4.20. The maximum Gasteiger partial charge on any atom is 0.389 e. The summed E-state index contributed by atoms with van der Waals surface area (Å²) in [6.07, 6.45) is 1.12. The third-order valence-electron chi connectivity index (χ3n) is 2.01. The van der Waals surface area contributed by atoms with Crippen LogP contribution in [0.15, 0.2) is 12.3 Å². The zero-order chi connectivity index (χ0) is 13.7. The Morgan fingerprint density at radius 2 is 2.33 bits per heavy atom. The molecule has 0 aliphatic heterocycles. The van der Waals surface area contributed by atoms with E-state index in [1.54, 1.807) is 6.92 Å². The molecule has 0 saturated heterocycles. The van der Waals surface area contributed by atoms with Crippen LogP contribution in [0.4, 0.5) is 5.82 Å². The van der Waals surface area contributed by atoms with Crippen molar-refractivity contribution in [3.8, 4) is 0 Å². The second-order valence-corrected chi connectivity index (χ2v) is 3.70. The van der Waals surface area contributed by atoms with Gasteiger partial charge in [-0.2, -0.15) is 4.68 Å². The Kier molecular flexibility index (Phi) is 4.35. The predicted molar refractivity (Wildman–Crippen MR) is 58.7 cm³/mol. The summed E-state index contributed by atoms with van der Waals surface area (Å²) in [5.41, 5.74) is 0. The molecule has 1 rings (SSSR count). The first-order chi connectivity index (χ1) is 8.38. The molecule has 0 saturated carbocycles. The minimum Gasteiger partial charge on any atom is -0.481 e. The second-order valence-electron chi connectivity index (χ2n) is 3.70. The predicted octanol–water partition coefficient (Wildman–Crippen LogP) is -0.229. The molecule has 9 heteroatoms. The highest BCUT2D eigenvalue weighted by molar-refractivity contribution is 5.77. The van der Waals surface area contributed by atoms with E-state index in [0.29, 0.717) is 0 Å². The van der Waals surface area contributed by atoms with Gasteiger partial charge in [0.05, 0.1) is 23.8 Å². The number of aromatic nitrogens is 2. The van der Waals surface area contributed by atoms with Gasteiger partial charge in [-0.05, 0) is 11.8 Å². The number of carboxylic acids is 1. The number of carbonyl (C=O) groups is 2. The van der Waals surface area contributed by atoms with E-state index < -0.39 is 22.8 Å². The smallest absolute Gasteiger partial charge is 0.389 e. The molecular formula is C9H12N4O5. The molecule has 0 bridgehead atoms. The highest BCUT2D eigenvalue weighted by Gasteiger charge is 2.15. The normalized spacial score (nSPS) is 11.8. The average molecular weight is 256 g/mol. The summed E-state index contributed by atoms with van der Waals surface area (Å²) in [5, 5.41) is 24.9. The lowest BCUT2D eigenvalue weighted by atomic mass is 10.2. The number of amides is 1. The number of nitrogens with one attached hydrogen (secondary N) is 1. The molecule has 1 heterocycles. The molecule has 1 amide bonds. The molecule has 1 atom stereocenters.